The van der Waals surface area contributed by atoms with E-state index in [1.165, 1.54) is 13.2 Å². The Morgan fingerprint density at radius 3 is 2.55 bits per heavy atom. The molecular formula is C16H17BrFNO. The lowest BCUT2D eigenvalue weighted by Crippen LogP contribution is -2.09. The van der Waals surface area contributed by atoms with E-state index in [4.69, 9.17) is 4.74 Å². The number of hydrogen-bond donors (Lipinski definition) is 1. The second-order valence-corrected chi connectivity index (χ2v) is 5.69. The van der Waals surface area contributed by atoms with E-state index >= 15 is 0 Å². The van der Waals surface area contributed by atoms with Gasteiger partial charge in [-0.2, -0.15) is 0 Å². The molecule has 0 heterocycles. The lowest BCUT2D eigenvalue weighted by atomic mass is 10.1. The molecule has 2 aromatic carbocycles. The van der Waals surface area contributed by atoms with Crippen LogP contribution in [-0.2, 0) is 0 Å². The third-order valence-corrected chi connectivity index (χ3v) is 3.56. The first-order chi connectivity index (χ1) is 9.49. The van der Waals surface area contributed by atoms with Crippen LogP contribution in [0.15, 0.2) is 40.9 Å². The first-order valence-corrected chi connectivity index (χ1v) is 7.16. The largest absolute Gasteiger partial charge is 0.497 e. The number of ether oxygens (including phenoxy) is 1. The number of aryl methyl sites for hydroxylation is 1. The Balaban J connectivity index is 2.21. The van der Waals surface area contributed by atoms with Crippen LogP contribution < -0.4 is 10.1 Å². The Morgan fingerprint density at radius 1 is 1.20 bits per heavy atom. The van der Waals surface area contributed by atoms with Crippen molar-refractivity contribution in [2.24, 2.45) is 0 Å². The molecule has 0 amide bonds. The molecule has 0 saturated carbocycles. The van der Waals surface area contributed by atoms with Crippen LogP contribution in [0.5, 0.6) is 5.75 Å². The molecule has 2 aromatic rings. The Labute approximate surface area is 127 Å². The van der Waals surface area contributed by atoms with Gasteiger partial charge in [0.1, 0.15) is 11.6 Å². The normalized spacial score (nSPS) is 12.1. The molecule has 0 aromatic heterocycles. The van der Waals surface area contributed by atoms with E-state index < -0.39 is 0 Å². The van der Waals surface area contributed by atoms with Crippen LogP contribution in [0.2, 0.25) is 0 Å². The SMILES string of the molecule is COc1ccc(C(C)Nc2cc(C)cc(Br)c2)c(F)c1. The van der Waals surface area contributed by atoms with Gasteiger partial charge in [-0.05, 0) is 43.7 Å². The van der Waals surface area contributed by atoms with Crippen molar-refractivity contribution in [2.45, 2.75) is 19.9 Å². The van der Waals surface area contributed by atoms with E-state index in [0.29, 0.717) is 11.3 Å². The van der Waals surface area contributed by atoms with E-state index in [1.807, 2.05) is 32.0 Å². The van der Waals surface area contributed by atoms with Crippen molar-refractivity contribution in [3.63, 3.8) is 0 Å². The molecule has 106 valence electrons. The van der Waals surface area contributed by atoms with Crippen LogP contribution in [0.3, 0.4) is 0 Å². The predicted molar refractivity (Wildman–Crippen MR) is 83.9 cm³/mol. The Morgan fingerprint density at radius 2 is 1.95 bits per heavy atom. The van der Waals surface area contributed by atoms with Gasteiger partial charge in [-0.15, -0.1) is 0 Å². The molecule has 0 aliphatic rings. The summed E-state index contributed by atoms with van der Waals surface area (Å²) in [6.07, 6.45) is 0. The maximum Gasteiger partial charge on any atom is 0.132 e. The summed E-state index contributed by atoms with van der Waals surface area (Å²) in [5, 5.41) is 3.31. The van der Waals surface area contributed by atoms with Gasteiger partial charge >= 0.3 is 0 Å². The highest BCUT2D eigenvalue weighted by atomic mass is 79.9. The zero-order chi connectivity index (χ0) is 14.7. The highest BCUT2D eigenvalue weighted by molar-refractivity contribution is 9.10. The summed E-state index contributed by atoms with van der Waals surface area (Å²) in [6.45, 7) is 3.95. The number of nitrogens with one attached hydrogen (secondary N) is 1. The van der Waals surface area contributed by atoms with Gasteiger partial charge in [-0.1, -0.05) is 22.0 Å². The van der Waals surface area contributed by atoms with Crippen LogP contribution in [0.1, 0.15) is 24.1 Å². The Bertz CT molecular complexity index is 595. The van der Waals surface area contributed by atoms with Gasteiger partial charge in [0.15, 0.2) is 0 Å². The minimum atomic E-state index is -0.268. The van der Waals surface area contributed by atoms with Crippen LogP contribution in [-0.4, -0.2) is 7.11 Å². The van der Waals surface area contributed by atoms with Gasteiger partial charge in [0.25, 0.3) is 0 Å². The number of hydrogen-bond acceptors (Lipinski definition) is 2. The first-order valence-electron chi connectivity index (χ1n) is 6.37. The van der Waals surface area contributed by atoms with Crippen molar-refractivity contribution in [1.82, 2.24) is 0 Å². The predicted octanol–water partition coefficient (Wildman–Crippen LogP) is 5.08. The van der Waals surface area contributed by atoms with E-state index in [0.717, 1.165) is 15.7 Å². The average Bonchev–Trinajstić information content (AvgIpc) is 2.36. The van der Waals surface area contributed by atoms with Gasteiger partial charge in [0, 0.05) is 21.8 Å². The molecule has 1 atom stereocenters. The summed E-state index contributed by atoms with van der Waals surface area (Å²) in [4.78, 5) is 0. The number of halogens is 2. The Kier molecular flexibility index (Phi) is 4.65. The van der Waals surface area contributed by atoms with Crippen molar-refractivity contribution in [3.05, 3.63) is 57.8 Å². The standard InChI is InChI=1S/C16H17BrFNO/c1-10-6-12(17)8-13(7-10)19-11(2)15-5-4-14(20-3)9-16(15)18/h4-9,11,19H,1-3H3. The van der Waals surface area contributed by atoms with Crippen LogP contribution in [0.4, 0.5) is 10.1 Å². The van der Waals surface area contributed by atoms with Crippen molar-refractivity contribution >= 4 is 21.6 Å². The monoisotopic (exact) mass is 337 g/mol. The summed E-state index contributed by atoms with van der Waals surface area (Å²) in [7, 11) is 1.53. The number of benzene rings is 2. The van der Waals surface area contributed by atoms with E-state index in [9.17, 15) is 4.39 Å². The zero-order valence-electron chi connectivity index (χ0n) is 11.7. The summed E-state index contributed by atoms with van der Waals surface area (Å²) in [5.41, 5.74) is 2.72. The van der Waals surface area contributed by atoms with Crippen molar-refractivity contribution in [2.75, 3.05) is 12.4 Å². The third-order valence-electron chi connectivity index (χ3n) is 3.10. The minimum absolute atomic E-state index is 0.130. The maximum atomic E-state index is 14.0. The lowest BCUT2D eigenvalue weighted by molar-refractivity contribution is 0.410. The molecule has 0 aliphatic heterocycles. The second-order valence-electron chi connectivity index (χ2n) is 4.77. The molecule has 0 radical (unpaired) electrons. The summed E-state index contributed by atoms with van der Waals surface area (Å²) in [5.74, 6) is 0.257. The summed E-state index contributed by atoms with van der Waals surface area (Å²) < 4.78 is 20.0. The molecule has 2 nitrogen and oxygen atoms in total. The lowest BCUT2D eigenvalue weighted by Gasteiger charge is -2.17. The molecule has 1 unspecified atom stereocenters. The molecule has 2 rings (SSSR count). The van der Waals surface area contributed by atoms with Crippen molar-refractivity contribution in [3.8, 4) is 5.75 Å². The van der Waals surface area contributed by atoms with Crippen LogP contribution in [0.25, 0.3) is 0 Å². The first kappa shape index (κ1) is 14.9. The number of methoxy groups -OCH3 is 1. The van der Waals surface area contributed by atoms with Gasteiger partial charge < -0.3 is 10.1 Å². The van der Waals surface area contributed by atoms with E-state index in [1.54, 1.807) is 12.1 Å². The van der Waals surface area contributed by atoms with Gasteiger partial charge in [0.2, 0.25) is 0 Å². The molecule has 0 aliphatic carbocycles. The molecule has 0 bridgehead atoms. The topological polar surface area (TPSA) is 21.3 Å². The second kappa shape index (κ2) is 6.27. The smallest absolute Gasteiger partial charge is 0.132 e. The highest BCUT2D eigenvalue weighted by Gasteiger charge is 2.12. The fraction of sp³-hybridized carbons (Fsp3) is 0.250. The summed E-state index contributed by atoms with van der Waals surface area (Å²) in [6, 6.07) is 10.8. The molecule has 20 heavy (non-hydrogen) atoms. The third kappa shape index (κ3) is 3.51. The van der Waals surface area contributed by atoms with Crippen molar-refractivity contribution < 1.29 is 9.13 Å². The van der Waals surface area contributed by atoms with Gasteiger partial charge in [-0.25, -0.2) is 4.39 Å². The average molecular weight is 338 g/mol. The molecule has 4 heteroatoms. The molecular weight excluding hydrogens is 321 g/mol. The van der Waals surface area contributed by atoms with E-state index in [-0.39, 0.29) is 11.9 Å². The van der Waals surface area contributed by atoms with Crippen LogP contribution >= 0.6 is 15.9 Å². The minimum Gasteiger partial charge on any atom is -0.497 e. The van der Waals surface area contributed by atoms with Crippen LogP contribution in [0, 0.1) is 12.7 Å². The highest BCUT2D eigenvalue weighted by Crippen LogP contribution is 2.26. The fourth-order valence-corrected chi connectivity index (χ4v) is 2.74. The van der Waals surface area contributed by atoms with Gasteiger partial charge in [-0.3, -0.25) is 0 Å². The molecule has 1 N–H and O–H groups in total. The van der Waals surface area contributed by atoms with Gasteiger partial charge in [0.05, 0.1) is 13.2 Å². The maximum absolute atomic E-state index is 14.0. The zero-order valence-corrected chi connectivity index (χ0v) is 13.3. The number of anilines is 1. The molecule has 0 fully saturated rings. The van der Waals surface area contributed by atoms with Crippen molar-refractivity contribution in [1.29, 1.82) is 0 Å². The van der Waals surface area contributed by atoms with E-state index in [2.05, 4.69) is 21.2 Å². The summed E-state index contributed by atoms with van der Waals surface area (Å²) >= 11 is 3.46. The number of rotatable bonds is 4. The Hall–Kier alpha value is -1.55. The quantitative estimate of drug-likeness (QED) is 0.840. The fourth-order valence-electron chi connectivity index (χ4n) is 2.13. The molecule has 0 spiro atoms. The molecule has 0 saturated heterocycles.